The Morgan fingerprint density at radius 2 is 1.60 bits per heavy atom. The van der Waals surface area contributed by atoms with Gasteiger partial charge in [0.2, 0.25) is 0 Å². The van der Waals surface area contributed by atoms with Gasteiger partial charge in [-0.05, 0) is 12.2 Å². The lowest BCUT2D eigenvalue weighted by atomic mass is 9.93. The molecule has 0 radical (unpaired) electrons. The molecule has 1 nitrogen and oxygen atoms in total. The second-order valence-corrected chi connectivity index (χ2v) is 3.25. The van der Waals surface area contributed by atoms with E-state index in [2.05, 4.69) is 26.0 Å². The Kier molecular flexibility index (Phi) is 9.98. The smallest absolute Gasteiger partial charge is 0.0991 e. The molecule has 0 aromatic carbocycles. The molecule has 0 amide bonds. The number of nitriles is 1. The van der Waals surface area contributed by atoms with E-state index in [1.54, 1.807) is 0 Å². The molecule has 1 aliphatic carbocycles. The highest BCUT2D eigenvalue weighted by Gasteiger charge is 2.09. The van der Waals surface area contributed by atoms with Crippen molar-refractivity contribution in [3.8, 4) is 6.07 Å². The van der Waals surface area contributed by atoms with Crippen molar-refractivity contribution in [3.63, 3.8) is 0 Å². The van der Waals surface area contributed by atoms with E-state index in [-0.39, 0.29) is 5.41 Å². The zero-order valence-electron chi connectivity index (χ0n) is 10.8. The fraction of sp³-hybridized carbons (Fsp3) is 0.500. The van der Waals surface area contributed by atoms with Gasteiger partial charge in [-0.1, -0.05) is 59.8 Å². The molecule has 0 unspecified atom stereocenters. The number of allylic oxidation sites excluding steroid dienone is 6. The van der Waals surface area contributed by atoms with Gasteiger partial charge in [0, 0.05) is 5.41 Å². The summed E-state index contributed by atoms with van der Waals surface area (Å²) in [5.41, 5.74) is 0.793. The van der Waals surface area contributed by atoms with Crippen LogP contribution >= 0.6 is 0 Å². The molecule has 0 heterocycles. The summed E-state index contributed by atoms with van der Waals surface area (Å²) >= 11 is 0. The minimum Gasteiger partial charge on any atom is -0.192 e. The van der Waals surface area contributed by atoms with Crippen molar-refractivity contribution in [1.82, 2.24) is 0 Å². The third-order valence-corrected chi connectivity index (χ3v) is 1.62. The van der Waals surface area contributed by atoms with Crippen LogP contribution in [0.3, 0.4) is 0 Å². The van der Waals surface area contributed by atoms with E-state index in [1.165, 1.54) is 0 Å². The van der Waals surface area contributed by atoms with Crippen LogP contribution in [0.25, 0.3) is 0 Å². The molecule has 0 aromatic heterocycles. The summed E-state index contributed by atoms with van der Waals surface area (Å²) in [5.74, 6) is 0. The van der Waals surface area contributed by atoms with Gasteiger partial charge in [-0.2, -0.15) is 5.26 Å². The zero-order chi connectivity index (χ0) is 12.3. The monoisotopic (exact) mass is 205 g/mol. The minimum absolute atomic E-state index is 0.0785. The Labute approximate surface area is 94.8 Å². The maximum atomic E-state index is 8.58. The lowest BCUT2D eigenvalue weighted by Crippen LogP contribution is -2.00. The normalized spacial score (nSPS) is 15.7. The summed E-state index contributed by atoms with van der Waals surface area (Å²) < 4.78 is 0. The van der Waals surface area contributed by atoms with Crippen LogP contribution in [0.4, 0.5) is 0 Å². The number of rotatable bonds is 0. The molecule has 0 aliphatic heterocycles. The molecule has 0 N–H and O–H groups in total. The van der Waals surface area contributed by atoms with Crippen molar-refractivity contribution in [3.05, 3.63) is 36.0 Å². The lowest BCUT2D eigenvalue weighted by Gasteiger charge is -2.11. The quantitative estimate of drug-likeness (QED) is 0.565. The second-order valence-electron chi connectivity index (χ2n) is 3.25. The molecular weight excluding hydrogens is 182 g/mol. The molecule has 0 aromatic rings. The maximum absolute atomic E-state index is 8.58. The van der Waals surface area contributed by atoms with Gasteiger partial charge in [0.15, 0.2) is 0 Å². The van der Waals surface area contributed by atoms with E-state index >= 15 is 0 Å². The van der Waals surface area contributed by atoms with Crippen LogP contribution in [0.2, 0.25) is 0 Å². The van der Waals surface area contributed by atoms with E-state index < -0.39 is 0 Å². The molecule has 0 spiro atoms. The van der Waals surface area contributed by atoms with Crippen molar-refractivity contribution in [1.29, 1.82) is 5.26 Å². The van der Waals surface area contributed by atoms with Crippen molar-refractivity contribution in [2.75, 3.05) is 0 Å². The summed E-state index contributed by atoms with van der Waals surface area (Å²) in [5, 5.41) is 8.58. The number of nitrogens with zero attached hydrogens (tertiary/aromatic N) is 1. The van der Waals surface area contributed by atoms with Crippen LogP contribution < -0.4 is 0 Å². The van der Waals surface area contributed by atoms with Gasteiger partial charge < -0.3 is 0 Å². The zero-order valence-corrected chi connectivity index (χ0v) is 10.8. The predicted octanol–water partition coefficient (Wildman–Crippen LogP) is 4.64. The maximum Gasteiger partial charge on any atom is 0.0991 e. The largest absolute Gasteiger partial charge is 0.192 e. The van der Waals surface area contributed by atoms with Crippen LogP contribution in [-0.2, 0) is 0 Å². The molecule has 0 atom stereocenters. The summed E-state index contributed by atoms with van der Waals surface area (Å²) in [6.45, 7) is 12.2. The van der Waals surface area contributed by atoms with Gasteiger partial charge in [-0.3, -0.25) is 0 Å². The third kappa shape index (κ3) is 7.76. The first-order chi connectivity index (χ1) is 7.14. The average molecular weight is 205 g/mol. The minimum atomic E-state index is 0.0785. The van der Waals surface area contributed by atoms with E-state index in [4.69, 9.17) is 5.26 Å². The van der Waals surface area contributed by atoms with E-state index in [9.17, 15) is 0 Å². The first-order valence-electron chi connectivity index (χ1n) is 5.63. The summed E-state index contributed by atoms with van der Waals surface area (Å²) in [4.78, 5) is 0. The summed E-state index contributed by atoms with van der Waals surface area (Å²) in [6, 6.07) is 2.10. The Morgan fingerprint density at radius 3 is 2.07 bits per heavy atom. The molecule has 0 bridgehead atoms. The Balaban J connectivity index is 0. The number of hydrogen-bond acceptors (Lipinski definition) is 1. The highest BCUT2D eigenvalue weighted by Crippen LogP contribution is 2.22. The first kappa shape index (κ1) is 16.2. The van der Waals surface area contributed by atoms with Gasteiger partial charge >= 0.3 is 0 Å². The third-order valence-electron chi connectivity index (χ3n) is 1.62. The van der Waals surface area contributed by atoms with E-state index in [1.807, 2.05) is 52.0 Å². The van der Waals surface area contributed by atoms with Gasteiger partial charge in [-0.25, -0.2) is 0 Å². The van der Waals surface area contributed by atoms with Crippen LogP contribution in [0.5, 0.6) is 0 Å². The molecule has 0 saturated heterocycles. The van der Waals surface area contributed by atoms with Crippen LogP contribution in [0, 0.1) is 16.7 Å². The van der Waals surface area contributed by atoms with Crippen molar-refractivity contribution in [2.24, 2.45) is 5.41 Å². The highest BCUT2D eigenvalue weighted by atomic mass is 14.2. The molecule has 1 rings (SSSR count). The molecule has 0 saturated carbocycles. The standard InChI is InChI=1S/C10H11N.2C2H6/c1-10(2)6-3-4-9(8-11)5-7-10;2*1-2/h3-7H,1-2H3;2*1-2H3. The Bertz CT molecular complexity index is 272. The summed E-state index contributed by atoms with van der Waals surface area (Å²) in [7, 11) is 0. The summed E-state index contributed by atoms with van der Waals surface area (Å²) in [6.07, 6.45) is 9.73. The van der Waals surface area contributed by atoms with E-state index in [0.717, 1.165) is 0 Å². The van der Waals surface area contributed by atoms with E-state index in [0.29, 0.717) is 5.57 Å². The van der Waals surface area contributed by atoms with Crippen LogP contribution in [-0.4, -0.2) is 0 Å². The SMILES string of the molecule is CC.CC.CC1(C)C=CC=C(C#N)C=C1. The average Bonchev–Trinajstić information content (AvgIpc) is 2.45. The van der Waals surface area contributed by atoms with Gasteiger partial charge in [-0.15, -0.1) is 0 Å². The molecule has 1 heteroatoms. The molecule has 15 heavy (non-hydrogen) atoms. The predicted molar refractivity (Wildman–Crippen MR) is 68.5 cm³/mol. The molecule has 0 fully saturated rings. The lowest BCUT2D eigenvalue weighted by molar-refractivity contribution is 0.627. The van der Waals surface area contributed by atoms with Crippen LogP contribution in [0.1, 0.15) is 41.5 Å². The molecular formula is C14H23N. The Morgan fingerprint density at radius 1 is 1.07 bits per heavy atom. The van der Waals surface area contributed by atoms with Crippen molar-refractivity contribution < 1.29 is 0 Å². The highest BCUT2D eigenvalue weighted by molar-refractivity contribution is 5.39. The topological polar surface area (TPSA) is 23.8 Å². The molecule has 1 aliphatic rings. The molecule has 84 valence electrons. The van der Waals surface area contributed by atoms with Crippen molar-refractivity contribution >= 4 is 0 Å². The van der Waals surface area contributed by atoms with Gasteiger partial charge in [0.25, 0.3) is 0 Å². The van der Waals surface area contributed by atoms with Crippen molar-refractivity contribution in [2.45, 2.75) is 41.5 Å². The fourth-order valence-corrected chi connectivity index (χ4v) is 0.890. The van der Waals surface area contributed by atoms with Crippen LogP contribution in [0.15, 0.2) is 36.0 Å². The fourth-order valence-electron chi connectivity index (χ4n) is 0.890. The second kappa shape index (κ2) is 9.27. The first-order valence-corrected chi connectivity index (χ1v) is 5.63. The van der Waals surface area contributed by atoms with Gasteiger partial charge in [0.1, 0.15) is 0 Å². The van der Waals surface area contributed by atoms with Gasteiger partial charge in [0.05, 0.1) is 11.6 Å². The number of hydrogen-bond donors (Lipinski definition) is 0. The Hall–Kier alpha value is -1.29.